The van der Waals surface area contributed by atoms with E-state index in [0.29, 0.717) is 30.2 Å². The van der Waals surface area contributed by atoms with Gasteiger partial charge in [0.1, 0.15) is 0 Å². The van der Waals surface area contributed by atoms with Crippen molar-refractivity contribution in [2.75, 3.05) is 19.6 Å². The highest BCUT2D eigenvalue weighted by Gasteiger charge is 2.37. The standard InChI is InChI=1S/C15H24N4O2/c1-10(2)14-17-16-13(21-14)9-18-6-7-19(11(3)8-18)15(20)12-4-5-12/h10-12H,4-9H2,1-3H3/t11-/m0/s1. The summed E-state index contributed by atoms with van der Waals surface area (Å²) in [6.45, 7) is 9.44. The lowest BCUT2D eigenvalue weighted by Gasteiger charge is -2.39. The number of nitrogens with zero attached hydrogens (tertiary/aromatic N) is 4. The van der Waals surface area contributed by atoms with Crippen LogP contribution in [0.3, 0.4) is 0 Å². The van der Waals surface area contributed by atoms with Gasteiger partial charge in [-0.2, -0.15) is 0 Å². The molecule has 1 aliphatic carbocycles. The second-order valence-electron chi connectivity index (χ2n) is 6.58. The van der Waals surface area contributed by atoms with Crippen molar-refractivity contribution >= 4 is 5.91 Å². The molecule has 21 heavy (non-hydrogen) atoms. The zero-order valence-electron chi connectivity index (χ0n) is 13.1. The highest BCUT2D eigenvalue weighted by atomic mass is 16.4. The predicted octanol–water partition coefficient (Wildman–Crippen LogP) is 1.64. The summed E-state index contributed by atoms with van der Waals surface area (Å²) in [5.74, 6) is 2.29. The summed E-state index contributed by atoms with van der Waals surface area (Å²) < 4.78 is 5.66. The van der Waals surface area contributed by atoms with Gasteiger partial charge in [-0.05, 0) is 19.8 Å². The quantitative estimate of drug-likeness (QED) is 0.844. The minimum Gasteiger partial charge on any atom is -0.424 e. The molecule has 0 unspecified atom stereocenters. The van der Waals surface area contributed by atoms with Gasteiger partial charge < -0.3 is 9.32 Å². The van der Waals surface area contributed by atoms with Crippen molar-refractivity contribution in [1.82, 2.24) is 20.0 Å². The minimum atomic E-state index is 0.262. The van der Waals surface area contributed by atoms with Crippen LogP contribution in [0, 0.1) is 5.92 Å². The van der Waals surface area contributed by atoms with E-state index in [2.05, 4.69) is 22.0 Å². The van der Waals surface area contributed by atoms with E-state index in [1.54, 1.807) is 0 Å². The first-order valence-corrected chi connectivity index (χ1v) is 7.89. The van der Waals surface area contributed by atoms with Crippen molar-refractivity contribution in [3.05, 3.63) is 11.8 Å². The maximum atomic E-state index is 12.2. The third-order valence-electron chi connectivity index (χ3n) is 4.26. The molecule has 2 aliphatic rings. The van der Waals surface area contributed by atoms with Gasteiger partial charge in [0.05, 0.1) is 6.54 Å². The fourth-order valence-corrected chi connectivity index (χ4v) is 2.82. The van der Waals surface area contributed by atoms with Gasteiger partial charge in [-0.1, -0.05) is 13.8 Å². The Hall–Kier alpha value is -1.43. The van der Waals surface area contributed by atoms with Crippen LogP contribution in [0.1, 0.15) is 51.3 Å². The monoisotopic (exact) mass is 292 g/mol. The first-order chi connectivity index (χ1) is 10.0. The van der Waals surface area contributed by atoms with Gasteiger partial charge in [0.2, 0.25) is 17.7 Å². The van der Waals surface area contributed by atoms with Crippen LogP contribution in [-0.2, 0) is 11.3 Å². The number of piperazine rings is 1. The number of carbonyl (C=O) groups excluding carboxylic acids is 1. The molecule has 6 heteroatoms. The normalized spacial score (nSPS) is 23.8. The van der Waals surface area contributed by atoms with E-state index in [4.69, 9.17) is 4.42 Å². The van der Waals surface area contributed by atoms with Crippen molar-refractivity contribution in [3.63, 3.8) is 0 Å². The topological polar surface area (TPSA) is 62.5 Å². The van der Waals surface area contributed by atoms with E-state index >= 15 is 0 Å². The van der Waals surface area contributed by atoms with Gasteiger partial charge in [0.15, 0.2) is 0 Å². The Morgan fingerprint density at radius 3 is 2.67 bits per heavy atom. The average molecular weight is 292 g/mol. The molecule has 0 radical (unpaired) electrons. The zero-order valence-corrected chi connectivity index (χ0v) is 13.1. The lowest BCUT2D eigenvalue weighted by atomic mass is 10.1. The summed E-state index contributed by atoms with van der Waals surface area (Å²) in [4.78, 5) is 16.5. The van der Waals surface area contributed by atoms with Crippen LogP contribution in [0.15, 0.2) is 4.42 Å². The smallest absolute Gasteiger partial charge is 0.230 e. The lowest BCUT2D eigenvalue weighted by molar-refractivity contribution is -0.137. The molecule has 6 nitrogen and oxygen atoms in total. The molecule has 0 aromatic carbocycles. The van der Waals surface area contributed by atoms with E-state index in [9.17, 15) is 4.79 Å². The van der Waals surface area contributed by atoms with Crippen molar-refractivity contribution in [3.8, 4) is 0 Å². The van der Waals surface area contributed by atoms with Crippen LogP contribution in [0.4, 0.5) is 0 Å². The van der Waals surface area contributed by atoms with Crippen LogP contribution in [-0.4, -0.2) is 51.6 Å². The van der Waals surface area contributed by atoms with Gasteiger partial charge in [0, 0.05) is 37.5 Å². The van der Waals surface area contributed by atoms with Crippen LogP contribution < -0.4 is 0 Å². The maximum absolute atomic E-state index is 12.2. The highest BCUT2D eigenvalue weighted by Crippen LogP contribution is 2.32. The molecule has 1 atom stereocenters. The molecule has 0 spiro atoms. The summed E-state index contributed by atoms with van der Waals surface area (Å²) in [6.07, 6.45) is 2.15. The molecule has 2 fully saturated rings. The summed E-state index contributed by atoms with van der Waals surface area (Å²) in [6, 6.07) is 0.263. The van der Waals surface area contributed by atoms with E-state index in [0.717, 1.165) is 32.5 Å². The van der Waals surface area contributed by atoms with E-state index in [-0.39, 0.29) is 12.0 Å². The average Bonchev–Trinajstić information content (AvgIpc) is 3.18. The molecule has 1 saturated carbocycles. The summed E-state index contributed by atoms with van der Waals surface area (Å²) in [5.41, 5.74) is 0. The Bertz CT molecular complexity index is 510. The highest BCUT2D eigenvalue weighted by molar-refractivity contribution is 5.81. The van der Waals surface area contributed by atoms with Crippen molar-refractivity contribution < 1.29 is 9.21 Å². The Morgan fingerprint density at radius 2 is 2.10 bits per heavy atom. The number of aromatic nitrogens is 2. The van der Waals surface area contributed by atoms with E-state index in [1.165, 1.54) is 0 Å². The molecule has 1 aromatic heterocycles. The third-order valence-corrected chi connectivity index (χ3v) is 4.26. The van der Waals surface area contributed by atoms with Crippen LogP contribution >= 0.6 is 0 Å². The molecular formula is C15H24N4O2. The maximum Gasteiger partial charge on any atom is 0.230 e. The van der Waals surface area contributed by atoms with Crippen LogP contribution in [0.25, 0.3) is 0 Å². The Kier molecular flexibility index (Phi) is 3.97. The number of amides is 1. The predicted molar refractivity (Wildman–Crippen MR) is 77.6 cm³/mol. The Labute approximate surface area is 125 Å². The fourth-order valence-electron chi connectivity index (χ4n) is 2.82. The largest absolute Gasteiger partial charge is 0.424 e. The van der Waals surface area contributed by atoms with Crippen molar-refractivity contribution in [2.45, 2.75) is 52.1 Å². The van der Waals surface area contributed by atoms with Crippen molar-refractivity contribution in [2.24, 2.45) is 5.92 Å². The molecule has 2 heterocycles. The van der Waals surface area contributed by atoms with Gasteiger partial charge in [0.25, 0.3) is 0 Å². The van der Waals surface area contributed by atoms with Gasteiger partial charge in [-0.15, -0.1) is 10.2 Å². The lowest BCUT2D eigenvalue weighted by Crippen LogP contribution is -2.54. The second-order valence-corrected chi connectivity index (χ2v) is 6.58. The number of rotatable bonds is 4. The van der Waals surface area contributed by atoms with Crippen molar-refractivity contribution in [1.29, 1.82) is 0 Å². The molecule has 116 valence electrons. The molecule has 3 rings (SSSR count). The number of carbonyl (C=O) groups is 1. The Balaban J connectivity index is 1.55. The minimum absolute atomic E-state index is 0.262. The van der Waals surface area contributed by atoms with Crippen LogP contribution in [0.5, 0.6) is 0 Å². The molecule has 1 aromatic rings. The molecule has 1 saturated heterocycles. The van der Waals surface area contributed by atoms with E-state index in [1.807, 2.05) is 18.7 Å². The van der Waals surface area contributed by atoms with Crippen LogP contribution in [0.2, 0.25) is 0 Å². The molecule has 0 bridgehead atoms. The zero-order chi connectivity index (χ0) is 15.0. The van der Waals surface area contributed by atoms with Gasteiger partial charge >= 0.3 is 0 Å². The molecule has 0 N–H and O–H groups in total. The summed E-state index contributed by atoms with van der Waals surface area (Å²) >= 11 is 0. The number of hydrogen-bond acceptors (Lipinski definition) is 5. The third kappa shape index (κ3) is 3.26. The SMILES string of the molecule is CC(C)c1nnc(CN2CCN(C(=O)C3CC3)[C@@H](C)C2)o1. The second kappa shape index (κ2) is 5.75. The Morgan fingerprint density at radius 1 is 1.33 bits per heavy atom. The molecular weight excluding hydrogens is 268 g/mol. The van der Waals surface area contributed by atoms with E-state index < -0.39 is 0 Å². The number of hydrogen-bond donors (Lipinski definition) is 0. The first-order valence-electron chi connectivity index (χ1n) is 7.89. The first kappa shape index (κ1) is 14.5. The van der Waals surface area contributed by atoms with Gasteiger partial charge in [-0.25, -0.2) is 0 Å². The van der Waals surface area contributed by atoms with Gasteiger partial charge in [-0.3, -0.25) is 9.69 Å². The summed E-state index contributed by atoms with van der Waals surface area (Å²) in [7, 11) is 0. The summed E-state index contributed by atoms with van der Waals surface area (Å²) in [5, 5.41) is 8.18. The molecule has 1 aliphatic heterocycles. The molecule has 1 amide bonds. The fraction of sp³-hybridized carbons (Fsp3) is 0.800.